The number of amides is 1. The molecule has 1 aliphatic rings. The first-order valence-electron chi connectivity index (χ1n) is 9.52. The predicted octanol–water partition coefficient (Wildman–Crippen LogP) is 5.16. The summed E-state index contributed by atoms with van der Waals surface area (Å²) in [4.78, 5) is 29.3. The van der Waals surface area contributed by atoms with Gasteiger partial charge in [-0.05, 0) is 47.9 Å². The van der Waals surface area contributed by atoms with E-state index in [1.165, 1.54) is 0 Å². The van der Waals surface area contributed by atoms with E-state index in [1.54, 1.807) is 17.4 Å². The number of H-pyrrole nitrogens is 1. The molecule has 0 spiro atoms. The molecule has 1 amide bonds. The molecule has 2 N–H and O–H groups in total. The highest BCUT2D eigenvalue weighted by molar-refractivity contribution is 7.10. The highest BCUT2D eigenvalue weighted by atomic mass is 32.1. The van der Waals surface area contributed by atoms with E-state index < -0.39 is 5.41 Å². The first kappa shape index (κ1) is 18.0. The highest BCUT2D eigenvalue weighted by Crippen LogP contribution is 2.44. The normalized spacial score (nSPS) is 16.1. The first-order chi connectivity index (χ1) is 13.0. The molecule has 2 heterocycles. The van der Waals surface area contributed by atoms with Crippen LogP contribution in [0.2, 0.25) is 0 Å². The van der Waals surface area contributed by atoms with Gasteiger partial charge in [0.05, 0.1) is 10.9 Å². The van der Waals surface area contributed by atoms with Crippen LogP contribution in [0.5, 0.6) is 0 Å². The van der Waals surface area contributed by atoms with Gasteiger partial charge in [0.15, 0.2) is 0 Å². The van der Waals surface area contributed by atoms with Gasteiger partial charge in [-0.3, -0.25) is 9.59 Å². The summed E-state index contributed by atoms with van der Waals surface area (Å²) in [5.74, 6) is 0.319. The molecule has 1 saturated carbocycles. The number of benzene rings is 1. The summed E-state index contributed by atoms with van der Waals surface area (Å²) in [6.45, 7) is 4.16. The molecule has 0 saturated heterocycles. The van der Waals surface area contributed by atoms with E-state index in [-0.39, 0.29) is 17.4 Å². The zero-order chi connectivity index (χ0) is 19.0. The molecule has 27 heavy (non-hydrogen) atoms. The maximum absolute atomic E-state index is 13.2. The number of aromatic amines is 1. The van der Waals surface area contributed by atoms with Crippen molar-refractivity contribution in [3.05, 3.63) is 62.6 Å². The molecule has 0 atom stereocenters. The summed E-state index contributed by atoms with van der Waals surface area (Å²) in [6.07, 6.45) is 3.94. The van der Waals surface area contributed by atoms with Crippen LogP contribution in [-0.2, 0) is 10.2 Å². The number of carbonyl (C=O) groups excluding carboxylic acids is 1. The SMILES string of the molecule is CC(C)c1cc(=O)[nH]c2cc(NC(=O)C3(c4cccs4)CCCC3)ccc12. The number of aromatic nitrogens is 1. The Morgan fingerprint density at radius 3 is 2.63 bits per heavy atom. The minimum atomic E-state index is -0.420. The third-order valence-corrected chi connectivity index (χ3v) is 6.71. The summed E-state index contributed by atoms with van der Waals surface area (Å²) in [6, 6.07) is 11.5. The number of rotatable bonds is 4. The lowest BCUT2D eigenvalue weighted by atomic mass is 9.83. The number of hydrogen-bond donors (Lipinski definition) is 2. The Kier molecular flexibility index (Phi) is 4.64. The van der Waals surface area contributed by atoms with Gasteiger partial charge in [0.2, 0.25) is 11.5 Å². The molecule has 0 aliphatic heterocycles. The molecule has 1 fully saturated rings. The Hall–Kier alpha value is -2.40. The van der Waals surface area contributed by atoms with Gasteiger partial charge in [-0.2, -0.15) is 0 Å². The standard InChI is InChI=1S/C22H24N2O2S/c1-14(2)17-13-20(25)24-18-12-15(7-8-16(17)18)23-21(26)22(9-3-4-10-22)19-6-5-11-27-19/h5-8,11-14H,3-4,9-10H2,1-2H3,(H,23,26)(H,24,25). The Bertz CT molecular complexity index is 1030. The average molecular weight is 381 g/mol. The molecule has 0 radical (unpaired) electrons. The molecule has 140 valence electrons. The van der Waals surface area contributed by atoms with Crippen LogP contribution in [0.3, 0.4) is 0 Å². The molecule has 0 unspecified atom stereocenters. The number of nitrogens with one attached hydrogen (secondary N) is 2. The van der Waals surface area contributed by atoms with Crippen molar-refractivity contribution >= 4 is 33.8 Å². The molecule has 1 aromatic carbocycles. The number of fused-ring (bicyclic) bond motifs is 1. The van der Waals surface area contributed by atoms with Crippen molar-refractivity contribution in [3.8, 4) is 0 Å². The molecule has 2 aromatic heterocycles. The van der Waals surface area contributed by atoms with Gasteiger partial charge in [0, 0.05) is 22.0 Å². The molecule has 3 aromatic rings. The largest absolute Gasteiger partial charge is 0.325 e. The van der Waals surface area contributed by atoms with Crippen molar-refractivity contribution in [3.63, 3.8) is 0 Å². The molecular formula is C22H24N2O2S. The number of pyridine rings is 1. The number of anilines is 1. The molecular weight excluding hydrogens is 356 g/mol. The van der Waals surface area contributed by atoms with E-state index in [9.17, 15) is 9.59 Å². The van der Waals surface area contributed by atoms with Crippen molar-refractivity contribution in [2.75, 3.05) is 5.32 Å². The van der Waals surface area contributed by atoms with Crippen molar-refractivity contribution in [2.24, 2.45) is 0 Å². The van der Waals surface area contributed by atoms with Gasteiger partial charge in [-0.25, -0.2) is 0 Å². The number of carbonyl (C=O) groups is 1. The monoisotopic (exact) mass is 380 g/mol. The van der Waals surface area contributed by atoms with Crippen LogP contribution in [0.1, 0.15) is 55.9 Å². The van der Waals surface area contributed by atoms with Crippen molar-refractivity contribution in [2.45, 2.75) is 50.9 Å². The topological polar surface area (TPSA) is 62.0 Å². The summed E-state index contributed by atoms with van der Waals surface area (Å²) in [5, 5.41) is 6.18. The van der Waals surface area contributed by atoms with E-state index in [0.29, 0.717) is 0 Å². The van der Waals surface area contributed by atoms with Gasteiger partial charge in [-0.1, -0.05) is 38.8 Å². The number of thiophene rings is 1. The fourth-order valence-corrected chi connectivity index (χ4v) is 5.19. The van der Waals surface area contributed by atoms with Crippen LogP contribution in [-0.4, -0.2) is 10.9 Å². The zero-order valence-electron chi connectivity index (χ0n) is 15.7. The Balaban J connectivity index is 1.69. The van der Waals surface area contributed by atoms with Crippen LogP contribution in [0.25, 0.3) is 10.9 Å². The van der Waals surface area contributed by atoms with E-state index in [0.717, 1.165) is 52.7 Å². The average Bonchev–Trinajstić information content (AvgIpc) is 3.32. The van der Waals surface area contributed by atoms with E-state index in [2.05, 4.69) is 30.2 Å². The Labute approximate surface area is 162 Å². The van der Waals surface area contributed by atoms with Crippen molar-refractivity contribution in [1.29, 1.82) is 0 Å². The first-order valence-corrected chi connectivity index (χ1v) is 10.4. The second-order valence-corrected chi connectivity index (χ2v) is 8.67. The molecule has 0 bridgehead atoms. The van der Waals surface area contributed by atoms with Crippen molar-refractivity contribution in [1.82, 2.24) is 4.98 Å². The third kappa shape index (κ3) is 3.21. The summed E-state index contributed by atoms with van der Waals surface area (Å²) in [7, 11) is 0. The molecule has 4 rings (SSSR count). The van der Waals surface area contributed by atoms with Crippen LogP contribution in [0.15, 0.2) is 46.6 Å². The molecule has 5 heteroatoms. The fourth-order valence-electron chi connectivity index (χ4n) is 4.21. The zero-order valence-corrected chi connectivity index (χ0v) is 16.5. The summed E-state index contributed by atoms with van der Waals surface area (Å²) >= 11 is 1.66. The van der Waals surface area contributed by atoms with Crippen LogP contribution < -0.4 is 10.9 Å². The Morgan fingerprint density at radius 2 is 1.96 bits per heavy atom. The summed E-state index contributed by atoms with van der Waals surface area (Å²) in [5.41, 5.74) is 1.99. The number of hydrogen-bond acceptors (Lipinski definition) is 3. The quantitative estimate of drug-likeness (QED) is 0.656. The third-order valence-electron chi connectivity index (χ3n) is 5.64. The molecule has 4 nitrogen and oxygen atoms in total. The Morgan fingerprint density at radius 1 is 1.19 bits per heavy atom. The van der Waals surface area contributed by atoms with E-state index in [4.69, 9.17) is 0 Å². The van der Waals surface area contributed by atoms with Gasteiger partial charge in [-0.15, -0.1) is 11.3 Å². The minimum Gasteiger partial charge on any atom is -0.325 e. The van der Waals surface area contributed by atoms with Crippen LogP contribution >= 0.6 is 11.3 Å². The fraction of sp³-hybridized carbons (Fsp3) is 0.364. The van der Waals surface area contributed by atoms with Crippen LogP contribution in [0, 0.1) is 0 Å². The minimum absolute atomic E-state index is 0.0594. The maximum Gasteiger partial charge on any atom is 0.248 e. The smallest absolute Gasteiger partial charge is 0.248 e. The highest BCUT2D eigenvalue weighted by Gasteiger charge is 2.43. The van der Waals surface area contributed by atoms with Gasteiger partial charge >= 0.3 is 0 Å². The van der Waals surface area contributed by atoms with Crippen LogP contribution in [0.4, 0.5) is 5.69 Å². The second kappa shape index (κ2) is 6.97. The summed E-state index contributed by atoms with van der Waals surface area (Å²) < 4.78 is 0. The predicted molar refractivity (Wildman–Crippen MR) is 112 cm³/mol. The van der Waals surface area contributed by atoms with Gasteiger partial charge < -0.3 is 10.3 Å². The molecule has 1 aliphatic carbocycles. The van der Waals surface area contributed by atoms with Crippen molar-refractivity contribution < 1.29 is 4.79 Å². The lowest BCUT2D eigenvalue weighted by molar-refractivity contribution is -0.121. The lowest BCUT2D eigenvalue weighted by Crippen LogP contribution is -2.37. The van der Waals surface area contributed by atoms with Gasteiger partial charge in [0.1, 0.15) is 0 Å². The maximum atomic E-state index is 13.2. The van der Waals surface area contributed by atoms with E-state index in [1.807, 2.05) is 29.6 Å². The lowest BCUT2D eigenvalue weighted by Gasteiger charge is -2.26. The van der Waals surface area contributed by atoms with E-state index >= 15 is 0 Å². The second-order valence-electron chi connectivity index (χ2n) is 7.72. The van der Waals surface area contributed by atoms with Gasteiger partial charge in [0.25, 0.3) is 0 Å².